The van der Waals surface area contributed by atoms with Crippen molar-refractivity contribution in [2.75, 3.05) is 0 Å². The molecule has 11 heavy (non-hydrogen) atoms. The number of rotatable bonds is 0. The van der Waals surface area contributed by atoms with Crippen molar-refractivity contribution in [1.29, 1.82) is 0 Å². The summed E-state index contributed by atoms with van der Waals surface area (Å²) in [5.41, 5.74) is 1.17. The highest BCUT2D eigenvalue weighted by molar-refractivity contribution is 5.32. The van der Waals surface area contributed by atoms with Gasteiger partial charge in [0.25, 0.3) is 0 Å². The summed E-state index contributed by atoms with van der Waals surface area (Å²) in [4.78, 5) is 0. The summed E-state index contributed by atoms with van der Waals surface area (Å²) in [6.07, 6.45) is 9.54. The number of aromatic nitrogens is 1. The number of hydrogen-bond acceptors (Lipinski definition) is 1. The van der Waals surface area contributed by atoms with Gasteiger partial charge in [-0.25, -0.2) is 0 Å². The van der Waals surface area contributed by atoms with Gasteiger partial charge in [0.2, 0.25) is 0 Å². The van der Waals surface area contributed by atoms with Crippen molar-refractivity contribution in [2.45, 2.75) is 6.61 Å². The van der Waals surface area contributed by atoms with Crippen LogP contribution in [0.25, 0.3) is 6.20 Å². The standard InChI is InChI=1S/C9H9NO/c1-2-7-11-8-9-4-3-6-10(9)5-1/h1-7H,8H2/b5-1+,7-2?. The fourth-order valence-corrected chi connectivity index (χ4v) is 1.07. The topological polar surface area (TPSA) is 14.2 Å². The minimum atomic E-state index is 0.647. The lowest BCUT2D eigenvalue weighted by Gasteiger charge is -2.05. The van der Waals surface area contributed by atoms with Crippen LogP contribution in [0, 0.1) is 0 Å². The molecule has 0 aromatic carbocycles. The first kappa shape index (κ1) is 6.28. The lowest BCUT2D eigenvalue weighted by atomic mass is 10.4. The van der Waals surface area contributed by atoms with Crippen molar-refractivity contribution < 1.29 is 4.74 Å². The van der Waals surface area contributed by atoms with E-state index in [-0.39, 0.29) is 0 Å². The van der Waals surface area contributed by atoms with E-state index in [2.05, 4.69) is 0 Å². The third-order valence-electron chi connectivity index (χ3n) is 1.63. The second-order valence-electron chi connectivity index (χ2n) is 2.39. The molecule has 0 saturated heterocycles. The monoisotopic (exact) mass is 147 g/mol. The van der Waals surface area contributed by atoms with Crippen molar-refractivity contribution >= 4 is 6.20 Å². The van der Waals surface area contributed by atoms with Gasteiger partial charge < -0.3 is 9.30 Å². The zero-order chi connectivity index (χ0) is 7.52. The summed E-state index contributed by atoms with van der Waals surface area (Å²) in [5, 5.41) is 0. The molecule has 0 radical (unpaired) electrons. The van der Waals surface area contributed by atoms with Crippen LogP contribution in [0.4, 0.5) is 0 Å². The van der Waals surface area contributed by atoms with E-state index in [0.717, 1.165) is 0 Å². The molecule has 0 amide bonds. The Balaban J connectivity index is 2.39. The molecule has 2 nitrogen and oxygen atoms in total. The molecule has 0 saturated carbocycles. The van der Waals surface area contributed by atoms with Crippen LogP contribution in [-0.2, 0) is 11.3 Å². The van der Waals surface area contributed by atoms with Crippen LogP contribution < -0.4 is 0 Å². The van der Waals surface area contributed by atoms with E-state index in [1.165, 1.54) is 5.69 Å². The number of fused-ring (bicyclic) bond motifs is 1. The summed E-state index contributed by atoms with van der Waals surface area (Å²) in [7, 11) is 0. The van der Waals surface area contributed by atoms with Gasteiger partial charge in [0.1, 0.15) is 6.61 Å². The zero-order valence-corrected chi connectivity index (χ0v) is 6.10. The second kappa shape index (κ2) is 2.66. The number of ether oxygens (including phenoxy) is 1. The van der Waals surface area contributed by atoms with Crippen molar-refractivity contribution in [3.05, 3.63) is 42.4 Å². The molecule has 1 aliphatic rings. The molecule has 0 aliphatic carbocycles. The summed E-state index contributed by atoms with van der Waals surface area (Å²) in [6.45, 7) is 0.647. The van der Waals surface area contributed by atoms with E-state index >= 15 is 0 Å². The third-order valence-corrected chi connectivity index (χ3v) is 1.63. The maximum atomic E-state index is 5.21. The van der Waals surface area contributed by atoms with E-state index in [1.54, 1.807) is 6.26 Å². The molecule has 0 N–H and O–H groups in total. The molecule has 2 heteroatoms. The first-order chi connectivity index (χ1) is 5.47. The van der Waals surface area contributed by atoms with Crippen LogP contribution in [0.3, 0.4) is 0 Å². The van der Waals surface area contributed by atoms with Crippen molar-refractivity contribution in [2.24, 2.45) is 0 Å². The highest BCUT2D eigenvalue weighted by atomic mass is 16.5. The Kier molecular flexibility index (Phi) is 1.52. The molecule has 1 aromatic heterocycles. The Morgan fingerprint density at radius 3 is 3.36 bits per heavy atom. The van der Waals surface area contributed by atoms with Crippen LogP contribution in [0.1, 0.15) is 5.69 Å². The normalized spacial score (nSPS) is 17.8. The van der Waals surface area contributed by atoms with Gasteiger partial charge in [-0.2, -0.15) is 0 Å². The van der Waals surface area contributed by atoms with Gasteiger partial charge in [0.05, 0.1) is 12.0 Å². The molecule has 56 valence electrons. The Bertz CT molecular complexity index is 296. The quantitative estimate of drug-likeness (QED) is 0.547. The number of nitrogens with zero attached hydrogens (tertiary/aromatic N) is 1. The van der Waals surface area contributed by atoms with Gasteiger partial charge >= 0.3 is 0 Å². The Labute approximate surface area is 65.4 Å². The van der Waals surface area contributed by atoms with Crippen LogP contribution in [0.5, 0.6) is 0 Å². The number of hydrogen-bond donors (Lipinski definition) is 0. The summed E-state index contributed by atoms with van der Waals surface area (Å²) < 4.78 is 7.25. The van der Waals surface area contributed by atoms with Crippen LogP contribution >= 0.6 is 0 Å². The maximum Gasteiger partial charge on any atom is 0.128 e. The molecule has 1 aromatic rings. The molecule has 0 atom stereocenters. The van der Waals surface area contributed by atoms with E-state index in [1.807, 2.05) is 41.2 Å². The third kappa shape index (κ3) is 1.19. The lowest BCUT2D eigenvalue weighted by Crippen LogP contribution is -1.95. The predicted molar refractivity (Wildman–Crippen MR) is 43.7 cm³/mol. The first-order valence-corrected chi connectivity index (χ1v) is 3.57. The van der Waals surface area contributed by atoms with Crippen molar-refractivity contribution in [3.63, 3.8) is 0 Å². The molecule has 0 bridgehead atoms. The number of allylic oxidation sites excluding steroid dienone is 2. The fraction of sp³-hybridized carbons (Fsp3) is 0.111. The molecule has 0 fully saturated rings. The van der Waals surface area contributed by atoms with Crippen molar-refractivity contribution in [1.82, 2.24) is 4.57 Å². The van der Waals surface area contributed by atoms with Gasteiger partial charge in [-0.1, -0.05) is 0 Å². The van der Waals surface area contributed by atoms with Gasteiger partial charge in [-0.15, -0.1) is 0 Å². The SMILES string of the molecule is C1=COCc2cccn2/C=C/1. The molecule has 2 heterocycles. The first-order valence-electron chi connectivity index (χ1n) is 3.57. The maximum absolute atomic E-state index is 5.21. The van der Waals surface area contributed by atoms with Gasteiger partial charge in [0, 0.05) is 12.4 Å². The lowest BCUT2D eigenvalue weighted by molar-refractivity contribution is 0.230. The highest BCUT2D eigenvalue weighted by Crippen LogP contribution is 2.06. The minimum Gasteiger partial charge on any atom is -0.495 e. The summed E-state index contributed by atoms with van der Waals surface area (Å²) in [6, 6.07) is 4.05. The van der Waals surface area contributed by atoms with E-state index in [4.69, 9.17) is 4.74 Å². The van der Waals surface area contributed by atoms with E-state index < -0.39 is 0 Å². The van der Waals surface area contributed by atoms with E-state index in [0.29, 0.717) is 6.61 Å². The van der Waals surface area contributed by atoms with Gasteiger partial charge in [-0.05, 0) is 24.3 Å². The Hall–Kier alpha value is -1.44. The fourth-order valence-electron chi connectivity index (χ4n) is 1.07. The van der Waals surface area contributed by atoms with Crippen molar-refractivity contribution in [3.8, 4) is 0 Å². The molecular weight excluding hydrogens is 138 g/mol. The second-order valence-corrected chi connectivity index (χ2v) is 2.39. The van der Waals surface area contributed by atoms with E-state index in [9.17, 15) is 0 Å². The van der Waals surface area contributed by atoms with Crippen LogP contribution in [0.2, 0.25) is 0 Å². The summed E-state index contributed by atoms with van der Waals surface area (Å²) >= 11 is 0. The van der Waals surface area contributed by atoms with Crippen LogP contribution in [0.15, 0.2) is 36.7 Å². The molecule has 0 spiro atoms. The summed E-state index contributed by atoms with van der Waals surface area (Å²) in [5.74, 6) is 0. The average Bonchev–Trinajstić information content (AvgIpc) is 2.35. The molecule has 1 aliphatic heterocycles. The largest absolute Gasteiger partial charge is 0.495 e. The minimum absolute atomic E-state index is 0.647. The van der Waals surface area contributed by atoms with Gasteiger partial charge in [0.15, 0.2) is 0 Å². The zero-order valence-electron chi connectivity index (χ0n) is 6.10. The highest BCUT2D eigenvalue weighted by Gasteiger charge is 1.97. The predicted octanol–water partition coefficient (Wildman–Crippen LogP) is 2.00. The molecule has 0 unspecified atom stereocenters. The molecular formula is C9H9NO. The van der Waals surface area contributed by atoms with Gasteiger partial charge in [-0.3, -0.25) is 0 Å². The Morgan fingerprint density at radius 1 is 1.36 bits per heavy atom. The van der Waals surface area contributed by atoms with Crippen LogP contribution in [-0.4, -0.2) is 4.57 Å². The smallest absolute Gasteiger partial charge is 0.128 e. The Morgan fingerprint density at radius 2 is 2.36 bits per heavy atom. The average molecular weight is 147 g/mol. The molecule has 2 rings (SSSR count).